The minimum atomic E-state index is 0.364. The second kappa shape index (κ2) is 5.94. The van der Waals surface area contributed by atoms with E-state index in [0.717, 1.165) is 29.9 Å². The Labute approximate surface area is 128 Å². The first-order valence-corrected chi connectivity index (χ1v) is 7.65. The van der Waals surface area contributed by atoms with Crippen molar-refractivity contribution in [2.45, 2.75) is 6.04 Å². The molecule has 0 amide bonds. The van der Waals surface area contributed by atoms with Gasteiger partial charge in [0.1, 0.15) is 5.82 Å². The van der Waals surface area contributed by atoms with Crippen molar-refractivity contribution in [1.82, 2.24) is 9.88 Å². The molecule has 1 aromatic carbocycles. The topological polar surface area (TPSA) is 19.4 Å². The molecular weight excluding hydrogens is 314 g/mol. The highest BCUT2D eigenvalue weighted by Crippen LogP contribution is 2.29. The fourth-order valence-electron chi connectivity index (χ4n) is 2.69. The summed E-state index contributed by atoms with van der Waals surface area (Å²) >= 11 is 3.45. The van der Waals surface area contributed by atoms with Crippen molar-refractivity contribution in [3.8, 4) is 0 Å². The van der Waals surface area contributed by atoms with Gasteiger partial charge in [-0.25, -0.2) is 4.98 Å². The first-order chi connectivity index (χ1) is 9.74. The maximum Gasteiger partial charge on any atom is 0.129 e. The molecule has 0 bridgehead atoms. The van der Waals surface area contributed by atoms with E-state index in [9.17, 15) is 0 Å². The third-order valence-corrected chi connectivity index (χ3v) is 4.24. The third-order valence-electron chi connectivity index (χ3n) is 3.77. The Morgan fingerprint density at radius 1 is 1.10 bits per heavy atom. The molecule has 1 aromatic heterocycles. The number of aromatic nitrogens is 1. The summed E-state index contributed by atoms with van der Waals surface area (Å²) in [6.07, 6.45) is 1.87. The molecule has 2 heterocycles. The maximum absolute atomic E-state index is 4.56. The van der Waals surface area contributed by atoms with Gasteiger partial charge in [0.2, 0.25) is 0 Å². The monoisotopic (exact) mass is 331 g/mol. The van der Waals surface area contributed by atoms with Crippen LogP contribution in [0.4, 0.5) is 5.82 Å². The highest BCUT2D eigenvalue weighted by atomic mass is 79.9. The number of anilines is 1. The van der Waals surface area contributed by atoms with Crippen LogP contribution in [0.1, 0.15) is 11.6 Å². The molecule has 1 unspecified atom stereocenters. The Morgan fingerprint density at radius 3 is 2.60 bits per heavy atom. The zero-order valence-electron chi connectivity index (χ0n) is 11.5. The van der Waals surface area contributed by atoms with Crippen LogP contribution in [0.25, 0.3) is 0 Å². The summed E-state index contributed by atoms with van der Waals surface area (Å²) in [6.45, 7) is 3.10. The standard InChI is InChI=1S/C16H18BrN3/c1-19-9-10-20(16-8-7-14(17)11-18-16)15(12-19)13-5-3-2-4-6-13/h2-8,11,15H,9-10,12H2,1H3. The Morgan fingerprint density at radius 2 is 1.90 bits per heavy atom. The molecule has 1 atom stereocenters. The number of rotatable bonds is 2. The number of hydrogen-bond donors (Lipinski definition) is 0. The lowest BCUT2D eigenvalue weighted by Crippen LogP contribution is -2.47. The van der Waals surface area contributed by atoms with Crippen LogP contribution in [0.15, 0.2) is 53.1 Å². The molecule has 20 heavy (non-hydrogen) atoms. The lowest BCUT2D eigenvalue weighted by molar-refractivity contribution is 0.268. The van der Waals surface area contributed by atoms with Crippen LogP contribution >= 0.6 is 15.9 Å². The predicted molar refractivity (Wildman–Crippen MR) is 86.0 cm³/mol. The summed E-state index contributed by atoms with van der Waals surface area (Å²) in [5, 5.41) is 0. The van der Waals surface area contributed by atoms with E-state index in [2.05, 4.69) is 80.2 Å². The first kappa shape index (κ1) is 13.6. The summed E-state index contributed by atoms with van der Waals surface area (Å²) in [5.74, 6) is 1.05. The van der Waals surface area contributed by atoms with Crippen molar-refractivity contribution in [2.24, 2.45) is 0 Å². The van der Waals surface area contributed by atoms with Crippen LogP contribution in [0, 0.1) is 0 Å². The summed E-state index contributed by atoms with van der Waals surface area (Å²) in [5.41, 5.74) is 1.35. The smallest absolute Gasteiger partial charge is 0.129 e. The Hall–Kier alpha value is -1.39. The second-order valence-corrected chi connectivity index (χ2v) is 6.13. The molecule has 0 saturated carbocycles. The van der Waals surface area contributed by atoms with E-state index < -0.39 is 0 Å². The van der Waals surface area contributed by atoms with E-state index in [0.29, 0.717) is 6.04 Å². The molecule has 1 saturated heterocycles. The molecule has 1 fully saturated rings. The number of likely N-dealkylation sites (N-methyl/N-ethyl adjacent to an activating group) is 1. The number of piperazine rings is 1. The van der Waals surface area contributed by atoms with Crippen LogP contribution in [-0.4, -0.2) is 36.6 Å². The molecule has 2 aromatic rings. The second-order valence-electron chi connectivity index (χ2n) is 5.22. The Bertz CT molecular complexity index is 556. The van der Waals surface area contributed by atoms with Crippen molar-refractivity contribution in [2.75, 3.05) is 31.6 Å². The molecule has 1 aliphatic heterocycles. The van der Waals surface area contributed by atoms with Crippen LogP contribution < -0.4 is 4.90 Å². The van der Waals surface area contributed by atoms with E-state index in [4.69, 9.17) is 0 Å². The predicted octanol–water partition coefficient (Wildman–Crippen LogP) is 3.34. The largest absolute Gasteiger partial charge is 0.347 e. The molecule has 0 radical (unpaired) electrons. The zero-order chi connectivity index (χ0) is 13.9. The average Bonchev–Trinajstić information content (AvgIpc) is 2.49. The van der Waals surface area contributed by atoms with Gasteiger partial charge < -0.3 is 9.80 Å². The summed E-state index contributed by atoms with van der Waals surface area (Å²) in [4.78, 5) is 9.35. The molecule has 3 nitrogen and oxygen atoms in total. The first-order valence-electron chi connectivity index (χ1n) is 6.86. The normalized spacial score (nSPS) is 20.1. The lowest BCUT2D eigenvalue weighted by atomic mass is 10.0. The van der Waals surface area contributed by atoms with Gasteiger partial charge in [0.05, 0.1) is 6.04 Å². The van der Waals surface area contributed by atoms with Crippen LogP contribution in [0.3, 0.4) is 0 Å². The molecule has 3 rings (SSSR count). The highest BCUT2D eigenvalue weighted by molar-refractivity contribution is 9.10. The van der Waals surface area contributed by atoms with Crippen molar-refractivity contribution < 1.29 is 0 Å². The van der Waals surface area contributed by atoms with Gasteiger partial charge in [-0.1, -0.05) is 30.3 Å². The van der Waals surface area contributed by atoms with Gasteiger partial charge in [0.15, 0.2) is 0 Å². The van der Waals surface area contributed by atoms with E-state index >= 15 is 0 Å². The maximum atomic E-state index is 4.56. The SMILES string of the molecule is CN1CCN(c2ccc(Br)cn2)C(c2ccccc2)C1. The number of nitrogens with zero attached hydrogens (tertiary/aromatic N) is 3. The molecule has 0 N–H and O–H groups in total. The molecule has 0 aliphatic carbocycles. The van der Waals surface area contributed by atoms with E-state index in [1.807, 2.05) is 6.20 Å². The van der Waals surface area contributed by atoms with Gasteiger partial charge in [-0.05, 0) is 40.7 Å². The van der Waals surface area contributed by atoms with Crippen LogP contribution in [-0.2, 0) is 0 Å². The van der Waals surface area contributed by atoms with Gasteiger partial charge in [0, 0.05) is 30.3 Å². The van der Waals surface area contributed by atoms with E-state index in [1.165, 1.54) is 5.56 Å². The van der Waals surface area contributed by atoms with Crippen LogP contribution in [0.2, 0.25) is 0 Å². The van der Waals surface area contributed by atoms with Crippen molar-refractivity contribution in [3.05, 3.63) is 58.7 Å². The number of pyridine rings is 1. The fraction of sp³-hybridized carbons (Fsp3) is 0.312. The molecular formula is C16H18BrN3. The Kier molecular flexibility index (Phi) is 4.03. The molecule has 0 spiro atoms. The number of halogens is 1. The van der Waals surface area contributed by atoms with Gasteiger partial charge in [-0.3, -0.25) is 0 Å². The highest BCUT2D eigenvalue weighted by Gasteiger charge is 2.27. The minimum Gasteiger partial charge on any atom is -0.347 e. The summed E-state index contributed by atoms with van der Waals surface area (Å²) < 4.78 is 1.02. The van der Waals surface area contributed by atoms with Gasteiger partial charge in [-0.15, -0.1) is 0 Å². The van der Waals surface area contributed by atoms with Crippen molar-refractivity contribution in [3.63, 3.8) is 0 Å². The number of hydrogen-bond acceptors (Lipinski definition) is 3. The van der Waals surface area contributed by atoms with Crippen molar-refractivity contribution in [1.29, 1.82) is 0 Å². The molecule has 1 aliphatic rings. The van der Waals surface area contributed by atoms with E-state index in [-0.39, 0.29) is 0 Å². The summed E-state index contributed by atoms with van der Waals surface area (Å²) in [7, 11) is 2.18. The van der Waals surface area contributed by atoms with Gasteiger partial charge >= 0.3 is 0 Å². The molecule has 104 valence electrons. The average molecular weight is 332 g/mol. The fourth-order valence-corrected chi connectivity index (χ4v) is 2.93. The number of benzene rings is 1. The van der Waals surface area contributed by atoms with Gasteiger partial charge in [-0.2, -0.15) is 0 Å². The lowest BCUT2D eigenvalue weighted by Gasteiger charge is -2.41. The Balaban J connectivity index is 1.92. The third kappa shape index (κ3) is 2.86. The minimum absolute atomic E-state index is 0.364. The van der Waals surface area contributed by atoms with E-state index in [1.54, 1.807) is 0 Å². The van der Waals surface area contributed by atoms with Crippen molar-refractivity contribution >= 4 is 21.7 Å². The zero-order valence-corrected chi connectivity index (χ0v) is 13.1. The quantitative estimate of drug-likeness (QED) is 0.841. The van der Waals surface area contributed by atoms with Gasteiger partial charge in [0.25, 0.3) is 0 Å². The summed E-state index contributed by atoms with van der Waals surface area (Å²) in [6, 6.07) is 15.2. The molecule has 4 heteroatoms. The van der Waals surface area contributed by atoms with Crippen LogP contribution in [0.5, 0.6) is 0 Å².